The van der Waals surface area contributed by atoms with Gasteiger partial charge in [0.25, 0.3) is 0 Å². The number of nitrogens with zero attached hydrogens (tertiary/aromatic N) is 2. The highest BCUT2D eigenvalue weighted by atomic mass is 16.4. The molecule has 0 aliphatic heterocycles. The minimum atomic E-state index is -0.925. The van der Waals surface area contributed by atoms with Crippen molar-refractivity contribution in [3.05, 3.63) is 18.7 Å². The van der Waals surface area contributed by atoms with Crippen LogP contribution in [0.3, 0.4) is 0 Å². The molecule has 14 heavy (non-hydrogen) atoms. The highest BCUT2D eigenvalue weighted by molar-refractivity contribution is 5.66. The van der Waals surface area contributed by atoms with Gasteiger partial charge in [0.15, 0.2) is 6.54 Å². The van der Waals surface area contributed by atoms with Gasteiger partial charge in [-0.05, 0) is 0 Å². The van der Waals surface area contributed by atoms with Crippen molar-refractivity contribution in [2.45, 2.75) is 19.5 Å². The van der Waals surface area contributed by atoms with Crippen LogP contribution >= 0.6 is 0 Å². The van der Waals surface area contributed by atoms with Crippen molar-refractivity contribution in [1.82, 2.24) is 4.57 Å². The van der Waals surface area contributed by atoms with Crippen LogP contribution in [0.25, 0.3) is 0 Å². The number of aryl methyl sites for hydroxylation is 1. The van der Waals surface area contributed by atoms with Crippen molar-refractivity contribution in [3.8, 4) is 0 Å². The molecule has 0 radical (unpaired) electrons. The molecule has 0 fully saturated rings. The van der Waals surface area contributed by atoms with Gasteiger partial charge in [0, 0.05) is 0 Å². The SMILES string of the molecule is O=C(O)CCn1cc[n+](CC(=O)O)c1. The zero-order chi connectivity index (χ0) is 10.6. The summed E-state index contributed by atoms with van der Waals surface area (Å²) in [5, 5.41) is 16.9. The normalized spacial score (nSPS) is 10.0. The number of aliphatic carboxylic acids is 2. The maximum absolute atomic E-state index is 10.3. The molecule has 1 aromatic heterocycles. The van der Waals surface area contributed by atoms with Crippen LogP contribution in [0.2, 0.25) is 0 Å². The predicted molar refractivity (Wildman–Crippen MR) is 44.5 cm³/mol. The van der Waals surface area contributed by atoms with E-state index < -0.39 is 11.9 Å². The molecule has 2 N–H and O–H groups in total. The van der Waals surface area contributed by atoms with E-state index in [4.69, 9.17) is 10.2 Å². The van der Waals surface area contributed by atoms with Crippen molar-refractivity contribution in [1.29, 1.82) is 0 Å². The molecular formula is C8H11N2O4+. The Morgan fingerprint density at radius 2 is 2.00 bits per heavy atom. The molecule has 1 heterocycles. The van der Waals surface area contributed by atoms with Crippen LogP contribution in [0.5, 0.6) is 0 Å². The van der Waals surface area contributed by atoms with Crippen molar-refractivity contribution < 1.29 is 24.4 Å². The van der Waals surface area contributed by atoms with Gasteiger partial charge in [-0.15, -0.1) is 0 Å². The summed E-state index contributed by atoms with van der Waals surface area (Å²) in [5.41, 5.74) is 0. The van der Waals surface area contributed by atoms with Crippen LogP contribution in [0.1, 0.15) is 6.42 Å². The molecule has 0 aromatic carbocycles. The second-order valence-corrected chi connectivity index (χ2v) is 2.86. The Kier molecular flexibility index (Phi) is 3.22. The summed E-state index contributed by atoms with van der Waals surface area (Å²) < 4.78 is 3.11. The number of hydrogen-bond donors (Lipinski definition) is 2. The molecule has 6 nitrogen and oxygen atoms in total. The summed E-state index contributed by atoms with van der Waals surface area (Å²) in [7, 11) is 0. The molecule has 0 saturated carbocycles. The fourth-order valence-corrected chi connectivity index (χ4v) is 1.05. The first kappa shape index (κ1) is 10.2. The summed E-state index contributed by atoms with van der Waals surface area (Å²) >= 11 is 0. The number of rotatable bonds is 5. The van der Waals surface area contributed by atoms with E-state index >= 15 is 0 Å². The molecule has 6 heteroatoms. The Hall–Kier alpha value is -1.85. The Labute approximate surface area is 80.0 Å². The van der Waals surface area contributed by atoms with E-state index in [1.54, 1.807) is 23.3 Å². The van der Waals surface area contributed by atoms with Crippen LogP contribution in [-0.4, -0.2) is 26.7 Å². The average molecular weight is 199 g/mol. The number of carboxylic acid groups (broad SMARTS) is 2. The lowest BCUT2D eigenvalue weighted by Crippen LogP contribution is -2.35. The van der Waals surface area contributed by atoms with Crippen LogP contribution in [0.15, 0.2) is 18.7 Å². The standard InChI is InChI=1S/C8H10N2O4/c11-7(12)1-2-9-3-4-10(6-9)5-8(13)14/h3-4,6H,1-2,5H2,(H-,11,12,13,14)/p+1. The van der Waals surface area contributed by atoms with Crippen molar-refractivity contribution in [2.75, 3.05) is 0 Å². The molecule has 0 aliphatic rings. The summed E-state index contributed by atoms with van der Waals surface area (Å²) in [6, 6.07) is 0. The number of hydrogen-bond acceptors (Lipinski definition) is 2. The van der Waals surface area contributed by atoms with Crippen LogP contribution < -0.4 is 4.57 Å². The van der Waals surface area contributed by atoms with Crippen molar-refractivity contribution >= 4 is 11.9 Å². The van der Waals surface area contributed by atoms with Gasteiger partial charge in [0.2, 0.25) is 6.33 Å². The van der Waals surface area contributed by atoms with Gasteiger partial charge >= 0.3 is 11.9 Å². The van der Waals surface area contributed by atoms with Gasteiger partial charge in [0.1, 0.15) is 18.9 Å². The van der Waals surface area contributed by atoms with Gasteiger partial charge in [-0.25, -0.2) is 13.9 Å². The molecule has 0 amide bonds. The molecule has 0 unspecified atom stereocenters. The molecule has 76 valence electrons. The van der Waals surface area contributed by atoms with Crippen LogP contribution in [0, 0.1) is 0 Å². The summed E-state index contributed by atoms with van der Waals surface area (Å²) in [6.45, 7) is 0.238. The molecule has 0 spiro atoms. The average Bonchev–Trinajstić information content (AvgIpc) is 2.47. The van der Waals surface area contributed by atoms with E-state index in [9.17, 15) is 9.59 Å². The number of carbonyl (C=O) groups is 2. The molecule has 1 rings (SSSR count). The second-order valence-electron chi connectivity index (χ2n) is 2.86. The Morgan fingerprint density at radius 3 is 2.57 bits per heavy atom. The Morgan fingerprint density at radius 1 is 1.29 bits per heavy atom. The summed E-state index contributed by atoms with van der Waals surface area (Å²) in [4.78, 5) is 20.6. The van der Waals surface area contributed by atoms with E-state index in [0.717, 1.165) is 0 Å². The van der Waals surface area contributed by atoms with Crippen LogP contribution in [0.4, 0.5) is 0 Å². The van der Waals surface area contributed by atoms with E-state index in [1.807, 2.05) is 0 Å². The maximum Gasteiger partial charge on any atom is 0.346 e. The summed E-state index contributed by atoms with van der Waals surface area (Å²) in [6.07, 6.45) is 4.83. The first-order valence-corrected chi connectivity index (χ1v) is 4.06. The molecular weight excluding hydrogens is 188 g/mol. The van der Waals surface area contributed by atoms with E-state index in [0.29, 0.717) is 6.54 Å². The first-order chi connectivity index (χ1) is 6.58. The lowest BCUT2D eigenvalue weighted by molar-refractivity contribution is -0.685. The fourth-order valence-electron chi connectivity index (χ4n) is 1.05. The number of imidazole rings is 1. The predicted octanol–water partition coefficient (Wildman–Crippen LogP) is -0.665. The van der Waals surface area contributed by atoms with Gasteiger partial charge in [-0.2, -0.15) is 0 Å². The fraction of sp³-hybridized carbons (Fsp3) is 0.375. The Bertz CT molecular complexity index is 345. The third kappa shape index (κ3) is 3.26. The maximum atomic E-state index is 10.3. The lowest BCUT2D eigenvalue weighted by Gasteiger charge is -1.91. The number of aromatic nitrogens is 2. The minimum absolute atomic E-state index is 0.0295. The zero-order valence-corrected chi connectivity index (χ0v) is 7.46. The van der Waals surface area contributed by atoms with E-state index in [-0.39, 0.29) is 13.0 Å². The van der Waals surface area contributed by atoms with Crippen molar-refractivity contribution in [2.24, 2.45) is 0 Å². The molecule has 1 aromatic rings. The molecule has 0 saturated heterocycles. The monoisotopic (exact) mass is 199 g/mol. The minimum Gasteiger partial charge on any atom is -0.481 e. The van der Waals surface area contributed by atoms with Crippen LogP contribution in [-0.2, 0) is 22.7 Å². The largest absolute Gasteiger partial charge is 0.481 e. The summed E-state index contributed by atoms with van der Waals surface area (Å²) in [5.74, 6) is -1.80. The van der Waals surface area contributed by atoms with Gasteiger partial charge < -0.3 is 10.2 Å². The molecule has 0 bridgehead atoms. The van der Waals surface area contributed by atoms with Gasteiger partial charge in [-0.1, -0.05) is 0 Å². The second kappa shape index (κ2) is 4.40. The smallest absolute Gasteiger partial charge is 0.346 e. The third-order valence-corrected chi connectivity index (χ3v) is 1.65. The number of carboxylic acids is 2. The van der Waals surface area contributed by atoms with Gasteiger partial charge in [-0.3, -0.25) is 4.79 Å². The highest BCUT2D eigenvalue weighted by Gasteiger charge is 2.08. The lowest BCUT2D eigenvalue weighted by atomic mass is 10.4. The topological polar surface area (TPSA) is 83.4 Å². The van der Waals surface area contributed by atoms with E-state index in [1.165, 1.54) is 4.57 Å². The van der Waals surface area contributed by atoms with E-state index in [2.05, 4.69) is 0 Å². The Balaban J connectivity index is 2.50. The molecule has 0 aliphatic carbocycles. The van der Waals surface area contributed by atoms with Gasteiger partial charge in [0.05, 0.1) is 6.42 Å². The third-order valence-electron chi connectivity index (χ3n) is 1.65. The molecule has 0 atom stereocenters. The first-order valence-electron chi connectivity index (χ1n) is 4.06. The van der Waals surface area contributed by atoms with Crippen molar-refractivity contribution in [3.63, 3.8) is 0 Å². The quantitative estimate of drug-likeness (QED) is 0.616. The zero-order valence-electron chi connectivity index (χ0n) is 7.46. The highest BCUT2D eigenvalue weighted by Crippen LogP contribution is 1.89.